The maximum atomic E-state index is 12.6. The number of halogens is 1. The zero-order valence-corrected chi connectivity index (χ0v) is 17.3. The lowest BCUT2D eigenvalue weighted by atomic mass is 10.1. The quantitative estimate of drug-likeness (QED) is 0.673. The van der Waals surface area contributed by atoms with Gasteiger partial charge in [-0.3, -0.25) is 9.59 Å². The standard InChI is InChI=1S/C21H22BrN3O2/c1-13-9-18-19(10-14(13)2)25(21(27)15(3)24-18)8-7-20(26)23-12-16-5-4-6-17(22)11-16/h4-6,9-11H,7-8,12H2,1-3H3,(H,23,26). The molecule has 0 aliphatic carbocycles. The molecule has 3 rings (SSSR count). The molecule has 0 fully saturated rings. The van der Waals surface area contributed by atoms with Crippen molar-refractivity contribution in [3.63, 3.8) is 0 Å². The van der Waals surface area contributed by atoms with Crippen LogP contribution in [0.5, 0.6) is 0 Å². The number of fused-ring (bicyclic) bond motifs is 1. The fourth-order valence-electron chi connectivity index (χ4n) is 3.00. The number of hydrogen-bond acceptors (Lipinski definition) is 3. The minimum atomic E-state index is -0.148. The van der Waals surface area contributed by atoms with Gasteiger partial charge in [-0.05, 0) is 61.7 Å². The molecule has 6 heteroatoms. The number of carbonyl (C=O) groups is 1. The van der Waals surface area contributed by atoms with Gasteiger partial charge in [-0.15, -0.1) is 0 Å². The number of rotatable bonds is 5. The summed E-state index contributed by atoms with van der Waals surface area (Å²) in [4.78, 5) is 29.3. The van der Waals surface area contributed by atoms with E-state index in [1.807, 2.05) is 50.2 Å². The molecule has 1 N–H and O–H groups in total. The smallest absolute Gasteiger partial charge is 0.272 e. The third kappa shape index (κ3) is 4.45. The van der Waals surface area contributed by atoms with Gasteiger partial charge in [-0.2, -0.15) is 0 Å². The molecule has 0 saturated heterocycles. The van der Waals surface area contributed by atoms with Crippen molar-refractivity contribution < 1.29 is 4.79 Å². The molecule has 1 aromatic heterocycles. The van der Waals surface area contributed by atoms with Crippen molar-refractivity contribution in [1.29, 1.82) is 0 Å². The summed E-state index contributed by atoms with van der Waals surface area (Å²) in [5, 5.41) is 2.91. The number of amides is 1. The van der Waals surface area contributed by atoms with Crippen molar-refractivity contribution in [3.8, 4) is 0 Å². The second-order valence-electron chi connectivity index (χ2n) is 6.74. The Balaban J connectivity index is 1.76. The molecule has 3 aromatic rings. The first kappa shape index (κ1) is 19.3. The molecule has 0 unspecified atom stereocenters. The molecule has 0 saturated carbocycles. The SMILES string of the molecule is Cc1cc2nc(C)c(=O)n(CCC(=O)NCc3cccc(Br)c3)c2cc1C. The number of aryl methyl sites for hydroxylation is 4. The Bertz CT molecular complexity index is 1070. The zero-order valence-electron chi connectivity index (χ0n) is 15.7. The summed E-state index contributed by atoms with van der Waals surface area (Å²) in [6.45, 7) is 6.53. The zero-order chi connectivity index (χ0) is 19.6. The minimum Gasteiger partial charge on any atom is -0.352 e. The summed E-state index contributed by atoms with van der Waals surface area (Å²) < 4.78 is 2.63. The molecular weight excluding hydrogens is 406 g/mol. The highest BCUT2D eigenvalue weighted by Crippen LogP contribution is 2.17. The summed E-state index contributed by atoms with van der Waals surface area (Å²) in [5.74, 6) is -0.0895. The fraction of sp³-hybridized carbons (Fsp3) is 0.286. The Morgan fingerprint density at radius 1 is 1.15 bits per heavy atom. The molecule has 0 aliphatic heterocycles. The number of nitrogens with zero attached hydrogens (tertiary/aromatic N) is 2. The van der Waals surface area contributed by atoms with Crippen molar-refractivity contribution in [3.05, 3.63) is 73.6 Å². The van der Waals surface area contributed by atoms with Crippen molar-refractivity contribution in [1.82, 2.24) is 14.9 Å². The van der Waals surface area contributed by atoms with E-state index in [2.05, 4.69) is 26.2 Å². The molecular formula is C21H22BrN3O2. The largest absolute Gasteiger partial charge is 0.352 e. The van der Waals surface area contributed by atoms with Gasteiger partial charge in [0.05, 0.1) is 11.0 Å². The second-order valence-corrected chi connectivity index (χ2v) is 7.65. The molecule has 1 heterocycles. The van der Waals surface area contributed by atoms with Gasteiger partial charge in [0, 0.05) is 24.0 Å². The molecule has 0 atom stereocenters. The van der Waals surface area contributed by atoms with E-state index in [9.17, 15) is 9.59 Å². The van der Waals surface area contributed by atoms with Crippen LogP contribution in [0.25, 0.3) is 11.0 Å². The fourth-order valence-corrected chi connectivity index (χ4v) is 3.44. The van der Waals surface area contributed by atoms with Crippen molar-refractivity contribution in [2.24, 2.45) is 0 Å². The monoisotopic (exact) mass is 427 g/mol. The van der Waals surface area contributed by atoms with Gasteiger partial charge >= 0.3 is 0 Å². The lowest BCUT2D eigenvalue weighted by Crippen LogP contribution is -2.29. The average Bonchev–Trinajstić information content (AvgIpc) is 2.62. The van der Waals surface area contributed by atoms with E-state index in [-0.39, 0.29) is 17.9 Å². The van der Waals surface area contributed by atoms with Crippen LogP contribution >= 0.6 is 15.9 Å². The third-order valence-corrected chi connectivity index (χ3v) is 5.16. The number of nitrogens with one attached hydrogen (secondary N) is 1. The van der Waals surface area contributed by atoms with Crippen molar-refractivity contribution in [2.75, 3.05) is 0 Å². The van der Waals surface area contributed by atoms with Gasteiger partial charge in [0.25, 0.3) is 5.56 Å². The molecule has 0 spiro atoms. The van der Waals surface area contributed by atoms with Gasteiger partial charge < -0.3 is 9.88 Å². The molecule has 0 aliphatic rings. The van der Waals surface area contributed by atoms with Crippen LogP contribution in [0.15, 0.2) is 45.7 Å². The second kappa shape index (κ2) is 8.05. The summed E-state index contributed by atoms with van der Waals surface area (Å²) in [5.41, 5.74) is 5.10. The van der Waals surface area contributed by atoms with Crippen molar-refractivity contribution in [2.45, 2.75) is 40.3 Å². The van der Waals surface area contributed by atoms with E-state index in [1.165, 1.54) is 0 Å². The molecule has 27 heavy (non-hydrogen) atoms. The van der Waals surface area contributed by atoms with E-state index < -0.39 is 0 Å². The Morgan fingerprint density at radius 2 is 1.89 bits per heavy atom. The first-order chi connectivity index (χ1) is 12.8. The highest BCUT2D eigenvalue weighted by atomic mass is 79.9. The van der Waals surface area contributed by atoms with E-state index in [4.69, 9.17) is 0 Å². The Kier molecular flexibility index (Phi) is 5.75. The van der Waals surface area contributed by atoms with E-state index in [1.54, 1.807) is 11.5 Å². The average molecular weight is 428 g/mol. The molecule has 2 aromatic carbocycles. The highest BCUT2D eigenvalue weighted by Gasteiger charge is 2.11. The van der Waals surface area contributed by atoms with Crippen LogP contribution in [-0.4, -0.2) is 15.5 Å². The van der Waals surface area contributed by atoms with Crippen LogP contribution < -0.4 is 10.9 Å². The number of benzene rings is 2. The van der Waals surface area contributed by atoms with Crippen LogP contribution in [0.2, 0.25) is 0 Å². The first-order valence-electron chi connectivity index (χ1n) is 8.84. The molecule has 5 nitrogen and oxygen atoms in total. The van der Waals surface area contributed by atoms with Crippen LogP contribution in [0.1, 0.15) is 28.8 Å². The predicted octanol–water partition coefficient (Wildman–Crippen LogP) is 3.79. The molecule has 1 amide bonds. The number of hydrogen-bond donors (Lipinski definition) is 1. The van der Waals surface area contributed by atoms with Crippen LogP contribution in [0.4, 0.5) is 0 Å². The number of aromatic nitrogens is 2. The lowest BCUT2D eigenvalue weighted by molar-refractivity contribution is -0.121. The maximum Gasteiger partial charge on any atom is 0.272 e. The van der Waals surface area contributed by atoms with E-state index >= 15 is 0 Å². The normalized spacial score (nSPS) is 11.0. The first-order valence-corrected chi connectivity index (χ1v) is 9.64. The molecule has 0 radical (unpaired) electrons. The minimum absolute atomic E-state index is 0.0895. The van der Waals surface area contributed by atoms with E-state index in [0.717, 1.165) is 32.2 Å². The third-order valence-electron chi connectivity index (χ3n) is 4.67. The van der Waals surface area contributed by atoms with Gasteiger partial charge in [-0.1, -0.05) is 28.1 Å². The van der Waals surface area contributed by atoms with Gasteiger partial charge in [-0.25, -0.2) is 4.98 Å². The lowest BCUT2D eigenvalue weighted by Gasteiger charge is -2.13. The summed E-state index contributed by atoms with van der Waals surface area (Å²) >= 11 is 3.42. The van der Waals surface area contributed by atoms with Gasteiger partial charge in [0.1, 0.15) is 5.69 Å². The summed E-state index contributed by atoms with van der Waals surface area (Å²) in [6, 6.07) is 11.8. The Labute approximate surface area is 166 Å². The Morgan fingerprint density at radius 3 is 2.63 bits per heavy atom. The Hall–Kier alpha value is -2.47. The van der Waals surface area contributed by atoms with Crippen molar-refractivity contribution >= 4 is 32.9 Å². The molecule has 0 bridgehead atoms. The summed E-state index contributed by atoms with van der Waals surface area (Å²) in [7, 11) is 0. The van der Waals surface area contributed by atoms with Crippen LogP contribution in [0.3, 0.4) is 0 Å². The van der Waals surface area contributed by atoms with E-state index in [0.29, 0.717) is 18.8 Å². The van der Waals surface area contributed by atoms with Crippen LogP contribution in [0, 0.1) is 20.8 Å². The predicted molar refractivity (Wildman–Crippen MR) is 111 cm³/mol. The molecule has 140 valence electrons. The topological polar surface area (TPSA) is 64.0 Å². The summed E-state index contributed by atoms with van der Waals surface area (Å²) in [6.07, 6.45) is 0.236. The van der Waals surface area contributed by atoms with Gasteiger partial charge in [0.15, 0.2) is 0 Å². The van der Waals surface area contributed by atoms with Crippen LogP contribution in [-0.2, 0) is 17.9 Å². The maximum absolute atomic E-state index is 12.6. The van der Waals surface area contributed by atoms with Gasteiger partial charge in [0.2, 0.25) is 5.91 Å². The number of carbonyl (C=O) groups excluding carboxylic acids is 1. The highest BCUT2D eigenvalue weighted by molar-refractivity contribution is 9.10.